The van der Waals surface area contributed by atoms with Crippen molar-refractivity contribution in [1.82, 2.24) is 0 Å². The molecule has 3 rings (SSSR count). The predicted molar refractivity (Wildman–Crippen MR) is 87.5 cm³/mol. The molecule has 1 aromatic rings. The van der Waals surface area contributed by atoms with Crippen molar-refractivity contribution in [3.63, 3.8) is 0 Å². The second-order valence-corrected chi connectivity index (χ2v) is 7.54. The van der Waals surface area contributed by atoms with Crippen molar-refractivity contribution in [2.24, 2.45) is 11.8 Å². The smallest absolute Gasteiger partial charge is 0.341 e. The Labute approximate surface area is 135 Å². The third kappa shape index (κ3) is 2.78. The Balaban J connectivity index is 1.99. The molecule has 0 bridgehead atoms. The molecule has 4 nitrogen and oxygen atoms in total. The summed E-state index contributed by atoms with van der Waals surface area (Å²) in [5, 5.41) is 3.68. The zero-order chi connectivity index (χ0) is 15.9. The fourth-order valence-corrected chi connectivity index (χ4v) is 4.42. The molecule has 1 heterocycles. The summed E-state index contributed by atoms with van der Waals surface area (Å²) in [7, 11) is 0. The molecule has 0 radical (unpaired) electrons. The molecule has 120 valence electrons. The summed E-state index contributed by atoms with van der Waals surface area (Å²) in [6, 6.07) is 0. The monoisotopic (exact) mass is 321 g/mol. The van der Waals surface area contributed by atoms with Crippen LogP contribution in [0.5, 0.6) is 0 Å². The van der Waals surface area contributed by atoms with Crippen molar-refractivity contribution in [3.05, 3.63) is 16.0 Å². The highest BCUT2D eigenvalue weighted by molar-refractivity contribution is 7.17. The van der Waals surface area contributed by atoms with Gasteiger partial charge >= 0.3 is 5.97 Å². The number of thiophene rings is 1. The Morgan fingerprint density at radius 2 is 2.00 bits per heavy atom. The van der Waals surface area contributed by atoms with Crippen molar-refractivity contribution in [3.8, 4) is 0 Å². The van der Waals surface area contributed by atoms with Gasteiger partial charge in [0.05, 0.1) is 12.2 Å². The topological polar surface area (TPSA) is 55.4 Å². The summed E-state index contributed by atoms with van der Waals surface area (Å²) >= 11 is 1.56. The molecule has 5 heteroatoms. The highest BCUT2D eigenvalue weighted by atomic mass is 32.1. The predicted octanol–water partition coefficient (Wildman–Crippen LogP) is 3.96. The summed E-state index contributed by atoms with van der Waals surface area (Å²) in [4.78, 5) is 25.8. The van der Waals surface area contributed by atoms with Gasteiger partial charge in [0.1, 0.15) is 5.00 Å². The van der Waals surface area contributed by atoms with Crippen LogP contribution in [-0.4, -0.2) is 18.5 Å². The molecule has 0 spiro atoms. The Morgan fingerprint density at radius 1 is 1.27 bits per heavy atom. The molecular weight excluding hydrogens is 298 g/mol. The molecule has 1 N–H and O–H groups in total. The van der Waals surface area contributed by atoms with Crippen LogP contribution >= 0.6 is 11.3 Å². The van der Waals surface area contributed by atoms with Crippen LogP contribution < -0.4 is 5.32 Å². The van der Waals surface area contributed by atoms with Crippen LogP contribution in [0, 0.1) is 11.8 Å². The second-order valence-electron chi connectivity index (χ2n) is 6.43. The number of carbonyl (C=O) groups is 2. The molecule has 1 amide bonds. The maximum absolute atomic E-state index is 12.5. The zero-order valence-corrected chi connectivity index (χ0v) is 14.2. The fourth-order valence-electron chi connectivity index (χ4n) is 3.10. The molecular formula is C17H23NO3S. The van der Waals surface area contributed by atoms with Crippen LogP contribution in [0.1, 0.15) is 66.8 Å². The van der Waals surface area contributed by atoms with Gasteiger partial charge in [-0.1, -0.05) is 13.8 Å². The van der Waals surface area contributed by atoms with E-state index in [1.54, 1.807) is 11.3 Å². The van der Waals surface area contributed by atoms with Gasteiger partial charge in [-0.05, 0) is 50.0 Å². The van der Waals surface area contributed by atoms with E-state index in [0.717, 1.165) is 31.2 Å². The Bertz CT molecular complexity index is 603. The van der Waals surface area contributed by atoms with Crippen molar-refractivity contribution in [2.75, 3.05) is 11.9 Å². The number of ether oxygens (including phenoxy) is 1. The number of carbonyl (C=O) groups excluding carboxylic acids is 2. The van der Waals surface area contributed by atoms with Gasteiger partial charge in [0, 0.05) is 10.8 Å². The standard InChI is InChI=1S/C17H23NO3S/c1-4-21-17(20)14-13-10(3)9(2)5-8-12(13)22-16(14)18-15(19)11-6-7-11/h9-11H,4-8H2,1-3H3,(H,18,19). The van der Waals surface area contributed by atoms with Crippen LogP contribution in [0.25, 0.3) is 0 Å². The number of fused-ring (bicyclic) bond motifs is 1. The molecule has 2 unspecified atom stereocenters. The second kappa shape index (κ2) is 6.03. The van der Waals surface area contributed by atoms with Crippen LogP contribution in [0.3, 0.4) is 0 Å². The maximum atomic E-state index is 12.5. The van der Waals surface area contributed by atoms with Gasteiger partial charge in [-0.2, -0.15) is 0 Å². The van der Waals surface area contributed by atoms with Crippen LogP contribution in [0.15, 0.2) is 0 Å². The lowest BCUT2D eigenvalue weighted by molar-refractivity contribution is -0.117. The minimum atomic E-state index is -0.299. The zero-order valence-electron chi connectivity index (χ0n) is 13.4. The molecule has 2 aliphatic rings. The summed E-state index contributed by atoms with van der Waals surface area (Å²) in [6.45, 7) is 6.56. The fraction of sp³-hybridized carbons (Fsp3) is 0.647. The molecule has 22 heavy (non-hydrogen) atoms. The van der Waals surface area contributed by atoms with E-state index < -0.39 is 0 Å². The van der Waals surface area contributed by atoms with E-state index in [4.69, 9.17) is 4.74 Å². The van der Waals surface area contributed by atoms with Crippen LogP contribution in [0.4, 0.5) is 5.00 Å². The van der Waals surface area contributed by atoms with E-state index in [1.807, 2.05) is 6.92 Å². The lowest BCUT2D eigenvalue weighted by Gasteiger charge is -2.26. The first kappa shape index (κ1) is 15.5. The molecule has 0 aliphatic heterocycles. The number of anilines is 1. The first-order valence-electron chi connectivity index (χ1n) is 8.16. The Kier molecular flexibility index (Phi) is 4.26. The first-order valence-corrected chi connectivity index (χ1v) is 8.98. The molecule has 2 atom stereocenters. The Hall–Kier alpha value is -1.36. The van der Waals surface area contributed by atoms with E-state index in [0.29, 0.717) is 29.0 Å². The minimum absolute atomic E-state index is 0.0462. The Morgan fingerprint density at radius 3 is 2.64 bits per heavy atom. The summed E-state index contributed by atoms with van der Waals surface area (Å²) in [5.74, 6) is 0.746. The van der Waals surface area contributed by atoms with Gasteiger partial charge in [-0.15, -0.1) is 11.3 Å². The molecule has 1 fully saturated rings. The van der Waals surface area contributed by atoms with Gasteiger partial charge in [0.15, 0.2) is 0 Å². The normalized spacial score (nSPS) is 23.8. The summed E-state index contributed by atoms with van der Waals surface area (Å²) < 4.78 is 5.25. The molecule has 1 saturated carbocycles. The van der Waals surface area contributed by atoms with Crippen molar-refractivity contribution < 1.29 is 14.3 Å². The number of aryl methyl sites for hydroxylation is 1. The third-order valence-electron chi connectivity index (χ3n) is 4.82. The number of hydrogen-bond donors (Lipinski definition) is 1. The summed E-state index contributed by atoms with van der Waals surface area (Å²) in [5.41, 5.74) is 1.71. The number of amides is 1. The van der Waals surface area contributed by atoms with Crippen molar-refractivity contribution >= 4 is 28.2 Å². The lowest BCUT2D eigenvalue weighted by Crippen LogP contribution is -2.19. The average molecular weight is 321 g/mol. The summed E-state index contributed by atoms with van der Waals surface area (Å²) in [6.07, 6.45) is 4.03. The molecule has 1 aromatic heterocycles. The highest BCUT2D eigenvalue weighted by Crippen LogP contribution is 2.46. The van der Waals surface area contributed by atoms with Gasteiger partial charge in [0.2, 0.25) is 5.91 Å². The number of hydrogen-bond acceptors (Lipinski definition) is 4. The first-order chi connectivity index (χ1) is 10.5. The van der Waals surface area contributed by atoms with Gasteiger partial charge < -0.3 is 10.1 Å². The van der Waals surface area contributed by atoms with E-state index in [2.05, 4.69) is 19.2 Å². The highest BCUT2D eigenvalue weighted by Gasteiger charge is 2.35. The van der Waals surface area contributed by atoms with Gasteiger partial charge in [-0.25, -0.2) is 4.79 Å². The van der Waals surface area contributed by atoms with E-state index in [1.165, 1.54) is 4.88 Å². The minimum Gasteiger partial charge on any atom is -0.462 e. The maximum Gasteiger partial charge on any atom is 0.341 e. The van der Waals surface area contributed by atoms with Crippen molar-refractivity contribution in [1.29, 1.82) is 0 Å². The SMILES string of the molecule is CCOC(=O)c1c(NC(=O)C2CC2)sc2c1C(C)C(C)CC2. The number of rotatable bonds is 4. The lowest BCUT2D eigenvalue weighted by atomic mass is 9.79. The molecule has 0 aromatic carbocycles. The van der Waals surface area contributed by atoms with Gasteiger partial charge in [0.25, 0.3) is 0 Å². The average Bonchev–Trinajstić information content (AvgIpc) is 3.26. The quantitative estimate of drug-likeness (QED) is 0.854. The van der Waals surface area contributed by atoms with Crippen molar-refractivity contribution in [2.45, 2.75) is 52.4 Å². The van der Waals surface area contributed by atoms with E-state index >= 15 is 0 Å². The number of esters is 1. The van der Waals surface area contributed by atoms with Gasteiger partial charge in [-0.3, -0.25) is 4.79 Å². The third-order valence-corrected chi connectivity index (χ3v) is 6.00. The molecule has 0 saturated heterocycles. The van der Waals surface area contributed by atoms with E-state index in [-0.39, 0.29) is 17.8 Å². The molecule has 2 aliphatic carbocycles. The number of nitrogens with one attached hydrogen (secondary N) is 1. The van der Waals surface area contributed by atoms with E-state index in [9.17, 15) is 9.59 Å². The van der Waals surface area contributed by atoms with Crippen LogP contribution in [-0.2, 0) is 16.0 Å². The largest absolute Gasteiger partial charge is 0.462 e. The van der Waals surface area contributed by atoms with Crippen LogP contribution in [0.2, 0.25) is 0 Å².